The van der Waals surface area contributed by atoms with Crippen LogP contribution < -0.4 is 5.32 Å². The van der Waals surface area contributed by atoms with E-state index in [1.165, 1.54) is 12.3 Å². The summed E-state index contributed by atoms with van der Waals surface area (Å²) in [6, 6.07) is 5.01. The van der Waals surface area contributed by atoms with E-state index >= 15 is 0 Å². The van der Waals surface area contributed by atoms with Crippen molar-refractivity contribution in [1.29, 1.82) is 0 Å². The van der Waals surface area contributed by atoms with Crippen LogP contribution in [0.25, 0.3) is 0 Å². The molecule has 20 heavy (non-hydrogen) atoms. The van der Waals surface area contributed by atoms with Gasteiger partial charge in [0.2, 0.25) is 5.15 Å². The number of nitro groups is 1. The SMILES string of the molecule is O=C(NCCn1cccc1)c1ccnc(Cl)c1[N+](=O)[O-]. The van der Waals surface area contributed by atoms with Gasteiger partial charge in [0.15, 0.2) is 0 Å². The van der Waals surface area contributed by atoms with Gasteiger partial charge in [0.1, 0.15) is 5.56 Å². The number of carbonyl (C=O) groups is 1. The normalized spacial score (nSPS) is 10.2. The van der Waals surface area contributed by atoms with E-state index in [0.717, 1.165) is 0 Å². The summed E-state index contributed by atoms with van der Waals surface area (Å²) in [6.07, 6.45) is 4.98. The molecule has 0 aromatic carbocycles. The summed E-state index contributed by atoms with van der Waals surface area (Å²) in [4.78, 5) is 25.7. The van der Waals surface area contributed by atoms with E-state index < -0.39 is 16.5 Å². The molecular formula is C12H11ClN4O3. The summed E-state index contributed by atoms with van der Waals surface area (Å²) in [5, 5.41) is 13.2. The summed E-state index contributed by atoms with van der Waals surface area (Å²) < 4.78 is 1.88. The first kappa shape index (κ1) is 14.0. The van der Waals surface area contributed by atoms with E-state index in [1.54, 1.807) is 0 Å². The van der Waals surface area contributed by atoms with Gasteiger partial charge in [-0.05, 0) is 18.2 Å². The predicted molar refractivity (Wildman–Crippen MR) is 72.7 cm³/mol. The molecule has 1 N–H and O–H groups in total. The Labute approximate surface area is 119 Å². The first-order chi connectivity index (χ1) is 9.59. The molecule has 0 spiro atoms. The molecule has 0 saturated heterocycles. The van der Waals surface area contributed by atoms with Crippen LogP contribution >= 0.6 is 11.6 Å². The van der Waals surface area contributed by atoms with Crippen LogP contribution in [-0.2, 0) is 6.54 Å². The van der Waals surface area contributed by atoms with E-state index in [1.807, 2.05) is 29.1 Å². The number of rotatable bonds is 5. The fourth-order valence-electron chi connectivity index (χ4n) is 1.70. The van der Waals surface area contributed by atoms with Gasteiger partial charge in [-0.2, -0.15) is 0 Å². The van der Waals surface area contributed by atoms with Gasteiger partial charge < -0.3 is 9.88 Å². The number of hydrogen-bond acceptors (Lipinski definition) is 4. The van der Waals surface area contributed by atoms with Gasteiger partial charge in [0.25, 0.3) is 5.91 Å². The maximum absolute atomic E-state index is 11.9. The standard InChI is InChI=1S/C12H11ClN4O3/c13-11-10(17(19)20)9(3-4-14-11)12(18)15-5-8-16-6-1-2-7-16/h1-4,6-7H,5,8H2,(H,15,18). The van der Waals surface area contributed by atoms with E-state index in [2.05, 4.69) is 10.3 Å². The van der Waals surface area contributed by atoms with Crippen molar-refractivity contribution >= 4 is 23.2 Å². The molecule has 0 aliphatic heterocycles. The Bertz CT molecular complexity index is 628. The van der Waals surface area contributed by atoms with Crippen molar-refractivity contribution < 1.29 is 9.72 Å². The van der Waals surface area contributed by atoms with Crippen molar-refractivity contribution in [3.63, 3.8) is 0 Å². The van der Waals surface area contributed by atoms with Crippen LogP contribution in [0.15, 0.2) is 36.8 Å². The molecule has 2 aromatic rings. The van der Waals surface area contributed by atoms with Crippen LogP contribution in [0.2, 0.25) is 5.15 Å². The van der Waals surface area contributed by atoms with E-state index in [0.29, 0.717) is 13.1 Å². The predicted octanol–water partition coefficient (Wildman–Crippen LogP) is 1.87. The molecule has 8 heteroatoms. The molecule has 2 aromatic heterocycles. The number of carbonyl (C=O) groups excluding carboxylic acids is 1. The number of amides is 1. The lowest BCUT2D eigenvalue weighted by atomic mass is 10.2. The van der Waals surface area contributed by atoms with Gasteiger partial charge in [-0.25, -0.2) is 4.98 Å². The van der Waals surface area contributed by atoms with Crippen molar-refractivity contribution in [2.45, 2.75) is 6.54 Å². The van der Waals surface area contributed by atoms with Crippen LogP contribution in [0.3, 0.4) is 0 Å². The van der Waals surface area contributed by atoms with Gasteiger partial charge >= 0.3 is 5.69 Å². The lowest BCUT2D eigenvalue weighted by Gasteiger charge is -2.07. The largest absolute Gasteiger partial charge is 0.353 e. The van der Waals surface area contributed by atoms with Crippen molar-refractivity contribution in [1.82, 2.24) is 14.9 Å². The number of nitrogens with one attached hydrogen (secondary N) is 1. The molecule has 2 rings (SSSR count). The van der Waals surface area contributed by atoms with Gasteiger partial charge in [0, 0.05) is 31.7 Å². The molecule has 0 fully saturated rings. The average Bonchev–Trinajstić information content (AvgIpc) is 2.91. The van der Waals surface area contributed by atoms with Crippen LogP contribution in [0, 0.1) is 10.1 Å². The Morgan fingerprint density at radius 3 is 2.80 bits per heavy atom. The highest BCUT2D eigenvalue weighted by Gasteiger charge is 2.24. The molecule has 0 aliphatic carbocycles. The lowest BCUT2D eigenvalue weighted by molar-refractivity contribution is -0.385. The van der Waals surface area contributed by atoms with Crippen LogP contribution in [-0.4, -0.2) is 26.9 Å². The minimum atomic E-state index is -0.712. The van der Waals surface area contributed by atoms with E-state index in [-0.39, 0.29) is 10.7 Å². The third-order valence-electron chi connectivity index (χ3n) is 2.63. The molecule has 0 bridgehead atoms. The second-order valence-electron chi connectivity index (χ2n) is 3.93. The lowest BCUT2D eigenvalue weighted by Crippen LogP contribution is -2.27. The van der Waals surface area contributed by atoms with Gasteiger partial charge in [-0.1, -0.05) is 11.6 Å². The summed E-state index contributed by atoms with van der Waals surface area (Å²) >= 11 is 5.65. The Morgan fingerprint density at radius 1 is 1.45 bits per heavy atom. The quantitative estimate of drug-likeness (QED) is 0.518. The third-order valence-corrected chi connectivity index (χ3v) is 2.91. The fraction of sp³-hybridized carbons (Fsp3) is 0.167. The third kappa shape index (κ3) is 3.12. The highest BCUT2D eigenvalue weighted by atomic mass is 35.5. The fourth-order valence-corrected chi connectivity index (χ4v) is 1.93. The zero-order chi connectivity index (χ0) is 14.5. The van der Waals surface area contributed by atoms with Crippen molar-refractivity contribution in [3.05, 3.63) is 57.6 Å². The number of nitrogens with zero attached hydrogens (tertiary/aromatic N) is 3. The molecule has 1 amide bonds. The first-order valence-electron chi connectivity index (χ1n) is 5.77. The molecule has 0 unspecified atom stereocenters. The summed E-state index contributed by atoms with van der Waals surface area (Å²) in [5.74, 6) is -0.548. The number of hydrogen-bond donors (Lipinski definition) is 1. The molecule has 104 valence electrons. The summed E-state index contributed by atoms with van der Waals surface area (Å²) in [7, 11) is 0. The van der Waals surface area contributed by atoms with Crippen LogP contribution in [0.1, 0.15) is 10.4 Å². The average molecular weight is 295 g/mol. The molecule has 0 saturated carbocycles. The van der Waals surface area contributed by atoms with Gasteiger partial charge in [0.05, 0.1) is 4.92 Å². The summed E-state index contributed by atoms with van der Waals surface area (Å²) in [6.45, 7) is 0.927. The maximum Gasteiger partial charge on any atom is 0.319 e. The highest BCUT2D eigenvalue weighted by molar-refractivity contribution is 6.32. The second-order valence-corrected chi connectivity index (χ2v) is 4.29. The zero-order valence-electron chi connectivity index (χ0n) is 10.3. The minimum absolute atomic E-state index is 0.0949. The minimum Gasteiger partial charge on any atom is -0.353 e. The van der Waals surface area contributed by atoms with Crippen molar-refractivity contribution in [3.8, 4) is 0 Å². The smallest absolute Gasteiger partial charge is 0.319 e. The molecule has 7 nitrogen and oxygen atoms in total. The number of aromatic nitrogens is 2. The maximum atomic E-state index is 11.9. The zero-order valence-corrected chi connectivity index (χ0v) is 11.1. The Morgan fingerprint density at radius 2 is 2.15 bits per heavy atom. The Hall–Kier alpha value is -2.41. The van der Waals surface area contributed by atoms with Crippen LogP contribution in [0.5, 0.6) is 0 Å². The molecule has 0 aliphatic rings. The van der Waals surface area contributed by atoms with Gasteiger partial charge in [-0.3, -0.25) is 14.9 Å². The molecule has 0 atom stereocenters. The molecule has 2 heterocycles. The van der Waals surface area contributed by atoms with E-state index in [9.17, 15) is 14.9 Å². The Kier molecular flexibility index (Phi) is 4.31. The highest BCUT2D eigenvalue weighted by Crippen LogP contribution is 2.25. The second kappa shape index (κ2) is 6.16. The van der Waals surface area contributed by atoms with Crippen molar-refractivity contribution in [2.75, 3.05) is 6.54 Å². The summed E-state index contributed by atoms with van der Waals surface area (Å²) in [5.41, 5.74) is -0.574. The molecular weight excluding hydrogens is 284 g/mol. The topological polar surface area (TPSA) is 90.1 Å². The first-order valence-corrected chi connectivity index (χ1v) is 6.15. The number of halogens is 1. The molecule has 0 radical (unpaired) electrons. The van der Waals surface area contributed by atoms with Crippen molar-refractivity contribution in [2.24, 2.45) is 0 Å². The van der Waals surface area contributed by atoms with Crippen LogP contribution in [0.4, 0.5) is 5.69 Å². The van der Waals surface area contributed by atoms with Gasteiger partial charge in [-0.15, -0.1) is 0 Å². The van der Waals surface area contributed by atoms with E-state index in [4.69, 9.17) is 11.6 Å². The monoisotopic (exact) mass is 294 g/mol. The number of pyridine rings is 1. The Balaban J connectivity index is 2.06.